The van der Waals surface area contributed by atoms with Gasteiger partial charge in [-0.2, -0.15) is 0 Å². The maximum atomic E-state index is 15.2. The minimum atomic E-state index is -1.17. The van der Waals surface area contributed by atoms with E-state index in [9.17, 15) is 9.59 Å². The fourth-order valence-electron chi connectivity index (χ4n) is 5.00. The third kappa shape index (κ3) is 5.51. The van der Waals surface area contributed by atoms with Gasteiger partial charge in [0.25, 0.3) is 0 Å². The lowest BCUT2D eigenvalue weighted by Gasteiger charge is -2.32. The Balaban J connectivity index is 1.53. The minimum absolute atomic E-state index is 0.00831. The molecule has 0 spiro atoms. The molecule has 1 aliphatic carbocycles. The summed E-state index contributed by atoms with van der Waals surface area (Å²) in [5, 5.41) is 11.4. The maximum Gasteiger partial charge on any atom is 0.247 e. The van der Waals surface area contributed by atoms with Gasteiger partial charge in [-0.3, -0.25) is 9.59 Å². The van der Waals surface area contributed by atoms with E-state index in [0.717, 1.165) is 31.2 Å². The normalized spacial score (nSPS) is 14.4. The predicted octanol–water partition coefficient (Wildman–Crippen LogP) is 4.41. The van der Waals surface area contributed by atoms with Gasteiger partial charge in [-0.25, -0.2) is 9.07 Å². The first kappa shape index (κ1) is 25.4. The molecule has 38 heavy (non-hydrogen) atoms. The fourth-order valence-corrected chi connectivity index (χ4v) is 5.00. The molecular formula is C29H30FN5O3. The molecule has 1 aromatic heterocycles. The SMILES string of the molecule is COc1ccc(CN(C(=O)Cn2nnc3ccccc32)C(C(=O)NC2CCCC2)c2ccccc2F)cc1. The second-order valence-corrected chi connectivity index (χ2v) is 9.52. The quantitative estimate of drug-likeness (QED) is 0.357. The smallest absolute Gasteiger partial charge is 0.247 e. The van der Waals surface area contributed by atoms with Crippen LogP contribution in [-0.4, -0.2) is 44.9 Å². The van der Waals surface area contributed by atoms with Gasteiger partial charge in [0.05, 0.1) is 12.6 Å². The van der Waals surface area contributed by atoms with Crippen LogP contribution in [0.5, 0.6) is 5.75 Å². The summed E-state index contributed by atoms with van der Waals surface area (Å²) in [7, 11) is 1.58. The second-order valence-electron chi connectivity index (χ2n) is 9.52. The van der Waals surface area contributed by atoms with Crippen molar-refractivity contribution in [3.05, 3.63) is 89.7 Å². The number of nitrogens with zero attached hydrogens (tertiary/aromatic N) is 4. The number of ether oxygens (including phenoxy) is 1. The van der Waals surface area contributed by atoms with Crippen molar-refractivity contribution < 1.29 is 18.7 Å². The van der Waals surface area contributed by atoms with E-state index in [1.165, 1.54) is 15.6 Å². The number of carbonyl (C=O) groups excluding carboxylic acids is 2. The van der Waals surface area contributed by atoms with E-state index in [-0.39, 0.29) is 30.6 Å². The monoisotopic (exact) mass is 515 g/mol. The number of carbonyl (C=O) groups is 2. The lowest BCUT2D eigenvalue weighted by atomic mass is 10.0. The van der Waals surface area contributed by atoms with Crippen LogP contribution in [0.25, 0.3) is 11.0 Å². The average Bonchev–Trinajstić information content (AvgIpc) is 3.60. The van der Waals surface area contributed by atoms with Crippen LogP contribution in [0, 0.1) is 5.82 Å². The summed E-state index contributed by atoms with van der Waals surface area (Å²) in [5.74, 6) is -0.651. The molecule has 1 fully saturated rings. The van der Waals surface area contributed by atoms with Crippen molar-refractivity contribution in [3.8, 4) is 5.75 Å². The Labute approximate surface area is 220 Å². The number of benzene rings is 3. The minimum Gasteiger partial charge on any atom is -0.497 e. The molecule has 0 saturated heterocycles. The van der Waals surface area contributed by atoms with Crippen molar-refractivity contribution in [1.82, 2.24) is 25.2 Å². The highest BCUT2D eigenvalue weighted by atomic mass is 19.1. The molecule has 1 N–H and O–H groups in total. The maximum absolute atomic E-state index is 15.2. The molecule has 2 amide bonds. The third-order valence-electron chi connectivity index (χ3n) is 7.00. The molecule has 0 bridgehead atoms. The van der Waals surface area contributed by atoms with Crippen LogP contribution in [0.3, 0.4) is 0 Å². The Morgan fingerprint density at radius 2 is 1.76 bits per heavy atom. The Hall–Kier alpha value is -4.27. The lowest BCUT2D eigenvalue weighted by molar-refractivity contribution is -0.142. The van der Waals surface area contributed by atoms with Gasteiger partial charge in [-0.05, 0) is 48.7 Å². The van der Waals surface area contributed by atoms with Crippen LogP contribution in [-0.2, 0) is 22.7 Å². The van der Waals surface area contributed by atoms with Gasteiger partial charge in [0.15, 0.2) is 0 Å². The van der Waals surface area contributed by atoms with Crippen LogP contribution in [0.4, 0.5) is 4.39 Å². The number of methoxy groups -OCH3 is 1. The standard InChI is InChI=1S/C29H30FN5O3/c1-38-22-16-14-20(15-17-22)18-34(27(36)19-35-26-13-7-6-12-25(26)32-33-35)28(23-10-4-5-11-24(23)30)29(37)31-21-8-2-3-9-21/h4-7,10-17,21,28H,2-3,8-9,18-19H2,1H3,(H,31,37). The van der Waals surface area contributed by atoms with Crippen molar-refractivity contribution >= 4 is 22.8 Å². The van der Waals surface area contributed by atoms with Crippen LogP contribution in [0.15, 0.2) is 72.8 Å². The average molecular weight is 516 g/mol. The zero-order valence-corrected chi connectivity index (χ0v) is 21.2. The molecule has 1 aliphatic rings. The van der Waals surface area contributed by atoms with Gasteiger partial charge < -0.3 is 15.0 Å². The summed E-state index contributed by atoms with van der Waals surface area (Å²) >= 11 is 0. The summed E-state index contributed by atoms with van der Waals surface area (Å²) in [4.78, 5) is 29.2. The Morgan fingerprint density at radius 1 is 1.05 bits per heavy atom. The van der Waals surface area contributed by atoms with Crippen molar-refractivity contribution in [1.29, 1.82) is 0 Å². The van der Waals surface area contributed by atoms with Crippen LogP contribution < -0.4 is 10.1 Å². The van der Waals surface area contributed by atoms with Crippen LogP contribution in [0.2, 0.25) is 0 Å². The van der Waals surface area contributed by atoms with Gasteiger partial charge in [0.1, 0.15) is 29.7 Å². The molecule has 9 heteroatoms. The van der Waals surface area contributed by atoms with Crippen LogP contribution >= 0.6 is 0 Å². The molecule has 1 atom stereocenters. The van der Waals surface area contributed by atoms with E-state index in [1.807, 2.05) is 36.4 Å². The molecule has 1 heterocycles. The Bertz CT molecular complexity index is 1420. The fraction of sp³-hybridized carbons (Fsp3) is 0.310. The van der Waals surface area contributed by atoms with Gasteiger partial charge in [0, 0.05) is 18.2 Å². The number of aromatic nitrogens is 3. The number of para-hydroxylation sites is 1. The van der Waals surface area contributed by atoms with Crippen molar-refractivity contribution in [2.45, 2.75) is 50.9 Å². The van der Waals surface area contributed by atoms with Gasteiger partial charge in [0.2, 0.25) is 11.8 Å². The number of hydrogen-bond acceptors (Lipinski definition) is 5. The van der Waals surface area contributed by atoms with Crippen LogP contribution in [0.1, 0.15) is 42.9 Å². The van der Waals surface area contributed by atoms with Gasteiger partial charge in [-0.15, -0.1) is 5.10 Å². The highest BCUT2D eigenvalue weighted by Gasteiger charge is 2.35. The second kappa shape index (κ2) is 11.4. The summed E-state index contributed by atoms with van der Waals surface area (Å²) in [5.41, 5.74) is 2.28. The van der Waals surface area contributed by atoms with E-state index in [0.29, 0.717) is 16.8 Å². The van der Waals surface area contributed by atoms with E-state index in [4.69, 9.17) is 4.74 Å². The molecule has 3 aromatic carbocycles. The molecule has 0 radical (unpaired) electrons. The van der Waals surface area contributed by atoms with Crippen molar-refractivity contribution in [2.75, 3.05) is 7.11 Å². The number of hydrogen-bond donors (Lipinski definition) is 1. The highest BCUT2D eigenvalue weighted by Crippen LogP contribution is 2.28. The first-order valence-electron chi connectivity index (χ1n) is 12.8. The number of rotatable bonds is 9. The topological polar surface area (TPSA) is 89.3 Å². The number of amides is 2. The molecule has 1 unspecified atom stereocenters. The number of nitrogens with one attached hydrogen (secondary N) is 1. The largest absolute Gasteiger partial charge is 0.497 e. The van der Waals surface area contributed by atoms with E-state index in [1.54, 1.807) is 37.4 Å². The molecule has 0 aliphatic heterocycles. The Kier molecular flexibility index (Phi) is 7.62. The molecule has 5 rings (SSSR count). The molecule has 1 saturated carbocycles. The Morgan fingerprint density at radius 3 is 2.50 bits per heavy atom. The summed E-state index contributed by atoms with van der Waals surface area (Å²) in [6.07, 6.45) is 3.80. The summed E-state index contributed by atoms with van der Waals surface area (Å²) in [6.45, 7) is -0.0646. The number of fused-ring (bicyclic) bond motifs is 1. The lowest BCUT2D eigenvalue weighted by Crippen LogP contribution is -2.47. The van der Waals surface area contributed by atoms with Gasteiger partial charge >= 0.3 is 0 Å². The zero-order valence-electron chi connectivity index (χ0n) is 21.2. The van der Waals surface area contributed by atoms with Crippen molar-refractivity contribution in [3.63, 3.8) is 0 Å². The van der Waals surface area contributed by atoms with E-state index >= 15 is 4.39 Å². The van der Waals surface area contributed by atoms with E-state index < -0.39 is 17.8 Å². The first-order valence-corrected chi connectivity index (χ1v) is 12.8. The molecule has 196 valence electrons. The summed E-state index contributed by atoms with van der Waals surface area (Å²) < 4.78 is 22.0. The summed E-state index contributed by atoms with van der Waals surface area (Å²) in [6, 6.07) is 19.5. The number of halogens is 1. The predicted molar refractivity (Wildman–Crippen MR) is 141 cm³/mol. The van der Waals surface area contributed by atoms with Gasteiger partial charge in [-0.1, -0.05) is 60.5 Å². The zero-order chi connectivity index (χ0) is 26.5. The first-order chi connectivity index (χ1) is 18.5. The van der Waals surface area contributed by atoms with Crippen molar-refractivity contribution in [2.24, 2.45) is 0 Å². The molecule has 8 nitrogen and oxygen atoms in total. The molecular weight excluding hydrogens is 485 g/mol. The molecule has 4 aromatic rings. The van der Waals surface area contributed by atoms with E-state index in [2.05, 4.69) is 15.6 Å². The third-order valence-corrected chi connectivity index (χ3v) is 7.00. The highest BCUT2D eigenvalue weighted by molar-refractivity contribution is 5.89.